The molecular weight excluding hydrogens is 308 g/mol. The number of hydrogen-bond acceptors (Lipinski definition) is 3. The van der Waals surface area contributed by atoms with Crippen LogP contribution in [-0.4, -0.2) is 24.4 Å². The Labute approximate surface area is 142 Å². The molecule has 0 bridgehead atoms. The number of anilines is 1. The van der Waals surface area contributed by atoms with Crippen molar-refractivity contribution in [1.29, 1.82) is 0 Å². The first-order valence-corrected chi connectivity index (χ1v) is 8.07. The van der Waals surface area contributed by atoms with Crippen LogP contribution in [0.15, 0.2) is 54.6 Å². The predicted molar refractivity (Wildman–Crippen MR) is 98.4 cm³/mol. The van der Waals surface area contributed by atoms with Crippen LogP contribution in [0.2, 0.25) is 0 Å². The molecule has 122 valence electrons. The van der Waals surface area contributed by atoms with Crippen LogP contribution in [0.1, 0.15) is 13.8 Å². The third-order valence-corrected chi connectivity index (χ3v) is 3.28. The highest BCUT2D eigenvalue weighted by Gasteiger charge is 2.08. The highest BCUT2D eigenvalue weighted by Crippen LogP contribution is 2.23. The van der Waals surface area contributed by atoms with Gasteiger partial charge in [-0.3, -0.25) is 0 Å². The van der Waals surface area contributed by atoms with Crippen molar-refractivity contribution in [3.05, 3.63) is 54.6 Å². The lowest BCUT2D eigenvalue weighted by Gasteiger charge is -2.18. The summed E-state index contributed by atoms with van der Waals surface area (Å²) in [6, 6.07) is 17.5. The minimum Gasteiger partial charge on any atom is -0.492 e. The van der Waals surface area contributed by atoms with Gasteiger partial charge in [-0.2, -0.15) is 0 Å². The maximum atomic E-state index is 5.71. The molecule has 0 saturated carbocycles. The molecule has 0 fully saturated rings. The number of hydrogen-bond donors (Lipinski definition) is 2. The van der Waals surface area contributed by atoms with Crippen molar-refractivity contribution in [2.24, 2.45) is 0 Å². The first kappa shape index (κ1) is 17.1. The van der Waals surface area contributed by atoms with Crippen LogP contribution in [0.3, 0.4) is 0 Å². The third kappa shape index (κ3) is 5.79. The van der Waals surface area contributed by atoms with Gasteiger partial charge in [0.15, 0.2) is 5.11 Å². The Bertz CT molecular complexity index is 619. The van der Waals surface area contributed by atoms with E-state index in [-0.39, 0.29) is 6.04 Å². The minimum atomic E-state index is 0.0782. The van der Waals surface area contributed by atoms with Crippen LogP contribution < -0.4 is 20.1 Å². The standard InChI is InChI=1S/C18H22N2O2S/c1-3-21-17-12-8-7-11-16(17)20-18(23)19-14(2)13-22-15-9-5-4-6-10-15/h4-12,14H,3,13H2,1-2H3,(H2,19,20,23)/t14-/m1/s1. The molecule has 2 aromatic carbocycles. The highest BCUT2D eigenvalue weighted by atomic mass is 32.1. The molecule has 0 radical (unpaired) electrons. The average Bonchev–Trinajstić information content (AvgIpc) is 2.56. The summed E-state index contributed by atoms with van der Waals surface area (Å²) in [4.78, 5) is 0. The molecule has 1 atom stereocenters. The second kappa shape index (κ2) is 9.00. The van der Waals surface area contributed by atoms with Gasteiger partial charge in [-0.1, -0.05) is 30.3 Å². The van der Waals surface area contributed by atoms with Gasteiger partial charge in [0.2, 0.25) is 0 Å². The Morgan fingerprint density at radius 3 is 2.48 bits per heavy atom. The van der Waals surface area contributed by atoms with Crippen LogP contribution >= 0.6 is 12.2 Å². The molecule has 0 unspecified atom stereocenters. The van der Waals surface area contributed by atoms with Crippen LogP contribution in [0.4, 0.5) is 5.69 Å². The zero-order chi connectivity index (χ0) is 16.5. The summed E-state index contributed by atoms with van der Waals surface area (Å²) < 4.78 is 11.3. The lowest BCUT2D eigenvalue weighted by molar-refractivity contribution is 0.287. The molecule has 0 spiro atoms. The van der Waals surface area contributed by atoms with Crippen molar-refractivity contribution in [3.8, 4) is 11.5 Å². The summed E-state index contributed by atoms with van der Waals surface area (Å²) in [7, 11) is 0. The second-order valence-electron chi connectivity index (χ2n) is 5.05. The van der Waals surface area contributed by atoms with E-state index < -0.39 is 0 Å². The quantitative estimate of drug-likeness (QED) is 0.755. The fourth-order valence-corrected chi connectivity index (χ4v) is 2.32. The van der Waals surface area contributed by atoms with Crippen molar-refractivity contribution in [2.75, 3.05) is 18.5 Å². The van der Waals surface area contributed by atoms with Gasteiger partial charge < -0.3 is 20.1 Å². The Balaban J connectivity index is 1.82. The number of benzene rings is 2. The monoisotopic (exact) mass is 330 g/mol. The van der Waals surface area contributed by atoms with Crippen LogP contribution in [-0.2, 0) is 0 Å². The van der Waals surface area contributed by atoms with Crippen molar-refractivity contribution < 1.29 is 9.47 Å². The Morgan fingerprint density at radius 1 is 1.04 bits per heavy atom. The minimum absolute atomic E-state index is 0.0782. The van der Waals surface area contributed by atoms with Crippen molar-refractivity contribution in [3.63, 3.8) is 0 Å². The SMILES string of the molecule is CCOc1ccccc1NC(=S)N[C@H](C)COc1ccccc1. The Hall–Kier alpha value is -2.27. The van der Waals surface area contributed by atoms with E-state index in [9.17, 15) is 0 Å². The molecule has 0 saturated heterocycles. The van der Waals surface area contributed by atoms with E-state index in [2.05, 4.69) is 10.6 Å². The predicted octanol–water partition coefficient (Wildman–Crippen LogP) is 3.84. The number of para-hydroxylation sites is 3. The van der Waals surface area contributed by atoms with Gasteiger partial charge in [0.1, 0.15) is 18.1 Å². The molecule has 2 rings (SSSR count). The fourth-order valence-electron chi connectivity index (χ4n) is 2.01. The van der Waals surface area contributed by atoms with Gasteiger partial charge in [-0.15, -0.1) is 0 Å². The van der Waals surface area contributed by atoms with E-state index in [0.29, 0.717) is 18.3 Å². The number of nitrogens with one attached hydrogen (secondary N) is 2. The van der Waals surface area contributed by atoms with E-state index in [0.717, 1.165) is 17.2 Å². The van der Waals surface area contributed by atoms with Gasteiger partial charge in [-0.05, 0) is 50.3 Å². The number of thiocarbonyl (C=S) groups is 1. The number of ether oxygens (including phenoxy) is 2. The first-order valence-electron chi connectivity index (χ1n) is 7.66. The zero-order valence-electron chi connectivity index (χ0n) is 13.4. The van der Waals surface area contributed by atoms with Gasteiger partial charge in [0, 0.05) is 0 Å². The van der Waals surface area contributed by atoms with Crippen LogP contribution in [0.25, 0.3) is 0 Å². The molecule has 2 aromatic rings. The summed E-state index contributed by atoms with van der Waals surface area (Å²) in [5, 5.41) is 6.91. The topological polar surface area (TPSA) is 42.5 Å². The molecule has 0 amide bonds. The van der Waals surface area contributed by atoms with Gasteiger partial charge in [-0.25, -0.2) is 0 Å². The molecule has 0 aliphatic heterocycles. The molecule has 0 aliphatic rings. The molecule has 0 heterocycles. The highest BCUT2D eigenvalue weighted by molar-refractivity contribution is 7.80. The van der Waals surface area contributed by atoms with E-state index in [1.807, 2.05) is 68.4 Å². The summed E-state index contributed by atoms with van der Waals surface area (Å²) in [5.74, 6) is 1.63. The van der Waals surface area contributed by atoms with Crippen LogP contribution in [0.5, 0.6) is 11.5 Å². The lowest BCUT2D eigenvalue weighted by Crippen LogP contribution is -2.39. The van der Waals surface area contributed by atoms with Crippen molar-refractivity contribution in [1.82, 2.24) is 5.32 Å². The van der Waals surface area contributed by atoms with Gasteiger partial charge in [0.05, 0.1) is 18.3 Å². The van der Waals surface area contributed by atoms with Gasteiger partial charge >= 0.3 is 0 Å². The second-order valence-corrected chi connectivity index (χ2v) is 5.46. The largest absolute Gasteiger partial charge is 0.492 e. The average molecular weight is 330 g/mol. The zero-order valence-corrected chi connectivity index (χ0v) is 14.2. The van der Waals surface area contributed by atoms with E-state index >= 15 is 0 Å². The summed E-state index contributed by atoms with van der Waals surface area (Å²) >= 11 is 5.35. The molecule has 23 heavy (non-hydrogen) atoms. The van der Waals surface area contributed by atoms with E-state index in [4.69, 9.17) is 21.7 Å². The molecule has 4 nitrogen and oxygen atoms in total. The van der Waals surface area contributed by atoms with E-state index in [1.54, 1.807) is 0 Å². The molecular formula is C18H22N2O2S. The smallest absolute Gasteiger partial charge is 0.171 e. The summed E-state index contributed by atoms with van der Waals surface area (Å²) in [6.45, 7) is 5.11. The van der Waals surface area contributed by atoms with E-state index in [1.165, 1.54) is 0 Å². The lowest BCUT2D eigenvalue weighted by atomic mass is 10.3. The first-order chi connectivity index (χ1) is 11.2. The Kier molecular flexibility index (Phi) is 6.69. The maximum absolute atomic E-state index is 5.71. The molecule has 0 aliphatic carbocycles. The molecule has 0 aromatic heterocycles. The molecule has 2 N–H and O–H groups in total. The van der Waals surface area contributed by atoms with Crippen molar-refractivity contribution >= 4 is 23.0 Å². The molecule has 5 heteroatoms. The number of rotatable bonds is 7. The Morgan fingerprint density at radius 2 is 1.74 bits per heavy atom. The summed E-state index contributed by atoms with van der Waals surface area (Å²) in [6.07, 6.45) is 0. The van der Waals surface area contributed by atoms with Crippen molar-refractivity contribution in [2.45, 2.75) is 19.9 Å². The normalized spacial score (nSPS) is 11.4. The summed E-state index contributed by atoms with van der Waals surface area (Å²) in [5.41, 5.74) is 0.850. The van der Waals surface area contributed by atoms with Gasteiger partial charge in [0.25, 0.3) is 0 Å². The third-order valence-electron chi connectivity index (χ3n) is 3.06. The fraction of sp³-hybridized carbons (Fsp3) is 0.278. The maximum Gasteiger partial charge on any atom is 0.171 e. The van der Waals surface area contributed by atoms with Crippen LogP contribution in [0, 0.1) is 0 Å².